The van der Waals surface area contributed by atoms with Crippen molar-refractivity contribution < 1.29 is 19.1 Å². The van der Waals surface area contributed by atoms with Gasteiger partial charge in [-0.15, -0.1) is 0 Å². The molecule has 0 radical (unpaired) electrons. The number of carboxylic acids is 1. The zero-order chi connectivity index (χ0) is 16.2. The normalized spacial score (nSPS) is 10.4. The summed E-state index contributed by atoms with van der Waals surface area (Å²) in [5, 5.41) is 15.0. The number of aromatic nitrogens is 4. The van der Waals surface area contributed by atoms with Crippen molar-refractivity contribution in [2.75, 3.05) is 5.32 Å². The van der Waals surface area contributed by atoms with Crippen molar-refractivity contribution in [2.45, 2.75) is 6.54 Å². The number of furan rings is 1. The van der Waals surface area contributed by atoms with Gasteiger partial charge in [0.25, 0.3) is 5.91 Å². The van der Waals surface area contributed by atoms with Gasteiger partial charge in [-0.25, -0.2) is 9.97 Å². The standard InChI is InChI=1S/C14H11N5O4/c20-12(21)8-19-7-9(6-16-19)13(22)18-14-15-4-3-10(17-14)11-2-1-5-23-11/h1-7H,8H2,(H,20,21)(H,15,17,18,22). The van der Waals surface area contributed by atoms with E-state index < -0.39 is 11.9 Å². The smallest absolute Gasteiger partial charge is 0.325 e. The lowest BCUT2D eigenvalue weighted by Gasteiger charge is -2.03. The lowest BCUT2D eigenvalue weighted by atomic mass is 10.3. The Kier molecular flexibility index (Phi) is 3.83. The second-order valence-corrected chi connectivity index (χ2v) is 4.52. The fraction of sp³-hybridized carbons (Fsp3) is 0.0714. The van der Waals surface area contributed by atoms with Gasteiger partial charge in [0.05, 0.1) is 18.0 Å². The first-order valence-electron chi connectivity index (χ1n) is 6.54. The van der Waals surface area contributed by atoms with Gasteiger partial charge in [-0.3, -0.25) is 19.6 Å². The first kappa shape index (κ1) is 14.4. The molecule has 0 spiro atoms. The summed E-state index contributed by atoms with van der Waals surface area (Å²) < 4.78 is 6.38. The van der Waals surface area contributed by atoms with Gasteiger partial charge < -0.3 is 9.52 Å². The third-order valence-electron chi connectivity index (χ3n) is 2.85. The Bertz CT molecular complexity index is 840. The molecular formula is C14H11N5O4. The average molecular weight is 313 g/mol. The molecule has 3 heterocycles. The highest BCUT2D eigenvalue weighted by Crippen LogP contribution is 2.17. The highest BCUT2D eigenvalue weighted by molar-refractivity contribution is 6.03. The molecule has 9 heteroatoms. The predicted molar refractivity (Wildman–Crippen MR) is 77.6 cm³/mol. The molecule has 0 aromatic carbocycles. The first-order valence-corrected chi connectivity index (χ1v) is 6.54. The molecule has 0 saturated carbocycles. The number of amides is 1. The van der Waals surface area contributed by atoms with Crippen LogP contribution in [-0.4, -0.2) is 36.7 Å². The zero-order valence-corrected chi connectivity index (χ0v) is 11.7. The Hall–Kier alpha value is -3.49. The summed E-state index contributed by atoms with van der Waals surface area (Å²) in [6.45, 7) is -0.322. The Morgan fingerprint density at radius 2 is 2.22 bits per heavy atom. The maximum Gasteiger partial charge on any atom is 0.325 e. The number of hydrogen-bond donors (Lipinski definition) is 2. The molecule has 0 saturated heterocycles. The predicted octanol–water partition coefficient (Wildman–Crippen LogP) is 1.27. The van der Waals surface area contributed by atoms with E-state index >= 15 is 0 Å². The van der Waals surface area contributed by atoms with E-state index in [1.165, 1.54) is 24.9 Å². The van der Waals surface area contributed by atoms with Gasteiger partial charge in [0.1, 0.15) is 12.2 Å². The maximum atomic E-state index is 12.1. The van der Waals surface area contributed by atoms with Crippen LogP contribution in [0.1, 0.15) is 10.4 Å². The van der Waals surface area contributed by atoms with Crippen molar-refractivity contribution in [1.29, 1.82) is 0 Å². The Morgan fingerprint density at radius 1 is 1.35 bits per heavy atom. The van der Waals surface area contributed by atoms with Gasteiger partial charge >= 0.3 is 5.97 Å². The van der Waals surface area contributed by atoms with Crippen molar-refractivity contribution >= 4 is 17.8 Å². The monoisotopic (exact) mass is 313 g/mol. The summed E-state index contributed by atoms with van der Waals surface area (Å²) in [4.78, 5) is 30.8. The number of carboxylic acid groups (broad SMARTS) is 1. The lowest BCUT2D eigenvalue weighted by Crippen LogP contribution is -2.14. The van der Waals surface area contributed by atoms with E-state index in [0.717, 1.165) is 4.68 Å². The fourth-order valence-corrected chi connectivity index (χ4v) is 1.86. The summed E-state index contributed by atoms with van der Waals surface area (Å²) in [5.41, 5.74) is 0.736. The second-order valence-electron chi connectivity index (χ2n) is 4.52. The number of anilines is 1. The third-order valence-corrected chi connectivity index (χ3v) is 2.85. The van der Waals surface area contributed by atoms with E-state index in [4.69, 9.17) is 9.52 Å². The SMILES string of the molecule is O=C(O)Cn1cc(C(=O)Nc2nccc(-c3ccco3)n2)cn1. The number of carbonyl (C=O) groups excluding carboxylic acids is 1. The van der Waals surface area contributed by atoms with E-state index in [1.807, 2.05) is 0 Å². The summed E-state index contributed by atoms with van der Waals surface area (Å²) in [6, 6.07) is 5.12. The topological polar surface area (TPSA) is 123 Å². The maximum absolute atomic E-state index is 12.1. The fourth-order valence-electron chi connectivity index (χ4n) is 1.86. The molecule has 1 amide bonds. The van der Waals surface area contributed by atoms with Gasteiger partial charge in [-0.2, -0.15) is 5.10 Å². The zero-order valence-electron chi connectivity index (χ0n) is 11.7. The van der Waals surface area contributed by atoms with Crippen molar-refractivity contribution in [3.63, 3.8) is 0 Å². The number of nitrogens with zero attached hydrogens (tertiary/aromatic N) is 4. The minimum atomic E-state index is -1.05. The van der Waals surface area contributed by atoms with Crippen LogP contribution in [0.15, 0.2) is 47.5 Å². The first-order chi connectivity index (χ1) is 11.1. The highest BCUT2D eigenvalue weighted by atomic mass is 16.4. The van der Waals surface area contributed by atoms with Gasteiger partial charge in [-0.1, -0.05) is 0 Å². The molecule has 3 aromatic rings. The van der Waals surface area contributed by atoms with E-state index in [9.17, 15) is 9.59 Å². The molecule has 116 valence electrons. The van der Waals surface area contributed by atoms with Gasteiger partial charge in [0, 0.05) is 12.4 Å². The molecule has 23 heavy (non-hydrogen) atoms. The number of aliphatic carboxylic acids is 1. The van der Waals surface area contributed by atoms with Gasteiger partial charge in [0.2, 0.25) is 5.95 Å². The summed E-state index contributed by atoms with van der Waals surface area (Å²) in [6.07, 6.45) is 5.62. The Balaban J connectivity index is 1.74. The molecule has 3 rings (SSSR count). The molecule has 0 unspecified atom stereocenters. The van der Waals surface area contributed by atoms with Crippen LogP contribution in [0.4, 0.5) is 5.95 Å². The summed E-state index contributed by atoms with van der Waals surface area (Å²) in [5.74, 6) is -0.875. The van der Waals surface area contributed by atoms with Crippen molar-refractivity contribution in [2.24, 2.45) is 0 Å². The van der Waals surface area contributed by atoms with E-state index in [-0.39, 0.29) is 18.1 Å². The van der Waals surface area contributed by atoms with E-state index in [1.54, 1.807) is 18.2 Å². The van der Waals surface area contributed by atoms with Crippen molar-refractivity contribution in [3.8, 4) is 11.5 Å². The quantitative estimate of drug-likeness (QED) is 0.727. The Morgan fingerprint density at radius 3 is 2.96 bits per heavy atom. The molecule has 0 fully saturated rings. The molecule has 0 aliphatic heterocycles. The van der Waals surface area contributed by atoms with Crippen LogP contribution in [0.2, 0.25) is 0 Å². The molecule has 0 atom stereocenters. The minimum Gasteiger partial charge on any atom is -0.480 e. The number of rotatable bonds is 5. The van der Waals surface area contributed by atoms with Crippen LogP contribution in [0, 0.1) is 0 Å². The molecule has 0 aliphatic carbocycles. The van der Waals surface area contributed by atoms with Gasteiger partial charge in [0.15, 0.2) is 5.76 Å². The van der Waals surface area contributed by atoms with Crippen LogP contribution in [0.5, 0.6) is 0 Å². The van der Waals surface area contributed by atoms with E-state index in [2.05, 4.69) is 20.4 Å². The molecule has 0 aliphatic rings. The molecule has 9 nitrogen and oxygen atoms in total. The van der Waals surface area contributed by atoms with Crippen molar-refractivity contribution in [3.05, 3.63) is 48.6 Å². The molecule has 2 N–H and O–H groups in total. The summed E-state index contributed by atoms with van der Waals surface area (Å²) >= 11 is 0. The highest BCUT2D eigenvalue weighted by Gasteiger charge is 2.12. The van der Waals surface area contributed by atoms with Crippen LogP contribution >= 0.6 is 0 Å². The van der Waals surface area contributed by atoms with Crippen molar-refractivity contribution in [1.82, 2.24) is 19.7 Å². The number of nitrogens with one attached hydrogen (secondary N) is 1. The second kappa shape index (κ2) is 6.10. The largest absolute Gasteiger partial charge is 0.480 e. The number of hydrogen-bond acceptors (Lipinski definition) is 6. The summed E-state index contributed by atoms with van der Waals surface area (Å²) in [7, 11) is 0. The molecular weight excluding hydrogens is 302 g/mol. The molecule has 3 aromatic heterocycles. The molecule has 0 bridgehead atoms. The van der Waals surface area contributed by atoms with Crippen LogP contribution < -0.4 is 5.32 Å². The average Bonchev–Trinajstić information content (AvgIpc) is 3.18. The van der Waals surface area contributed by atoms with E-state index in [0.29, 0.717) is 11.5 Å². The Labute approximate surface area is 129 Å². The number of carbonyl (C=O) groups is 2. The van der Waals surface area contributed by atoms with Gasteiger partial charge in [-0.05, 0) is 18.2 Å². The third kappa shape index (κ3) is 3.40. The lowest BCUT2D eigenvalue weighted by molar-refractivity contribution is -0.137. The van der Waals surface area contributed by atoms with Crippen LogP contribution in [0.25, 0.3) is 11.5 Å². The van der Waals surface area contributed by atoms with Crippen LogP contribution in [-0.2, 0) is 11.3 Å². The van der Waals surface area contributed by atoms with Crippen LogP contribution in [0.3, 0.4) is 0 Å². The minimum absolute atomic E-state index is 0.106.